The van der Waals surface area contributed by atoms with Gasteiger partial charge in [0.05, 0.1) is 6.20 Å². The Bertz CT molecular complexity index is 656. The molecular weight excluding hydrogens is 276 g/mol. The number of rotatable bonds is 3. The highest BCUT2D eigenvalue weighted by Crippen LogP contribution is 2.28. The Labute approximate surface area is 109 Å². The van der Waals surface area contributed by atoms with Crippen molar-refractivity contribution in [3.63, 3.8) is 0 Å². The van der Waals surface area contributed by atoms with E-state index in [9.17, 15) is 8.42 Å². The fourth-order valence-corrected chi connectivity index (χ4v) is 2.16. The van der Waals surface area contributed by atoms with E-state index in [-0.39, 0.29) is 10.8 Å². The second-order valence-corrected chi connectivity index (χ2v) is 6.02. The normalized spacial score (nSPS) is 11.2. The van der Waals surface area contributed by atoms with Gasteiger partial charge in [0.15, 0.2) is 0 Å². The first-order valence-electron chi connectivity index (χ1n) is 4.97. The molecule has 2 heterocycles. The number of aromatic nitrogens is 2. The molecule has 0 radical (unpaired) electrons. The SMILES string of the molecule is Cc1ccc(Oc2ncccc2S(=O)(=O)Cl)cn1. The van der Waals surface area contributed by atoms with Gasteiger partial charge in [0.2, 0.25) is 5.88 Å². The average molecular weight is 285 g/mol. The molecule has 0 aliphatic heterocycles. The lowest BCUT2D eigenvalue weighted by molar-refractivity contribution is 0.445. The van der Waals surface area contributed by atoms with E-state index in [4.69, 9.17) is 15.4 Å². The molecule has 0 amide bonds. The third kappa shape index (κ3) is 2.96. The van der Waals surface area contributed by atoms with Crippen LogP contribution >= 0.6 is 10.7 Å². The van der Waals surface area contributed by atoms with E-state index in [1.54, 1.807) is 12.1 Å². The molecule has 0 aromatic carbocycles. The van der Waals surface area contributed by atoms with Gasteiger partial charge in [-0.25, -0.2) is 13.4 Å². The van der Waals surface area contributed by atoms with E-state index in [2.05, 4.69) is 9.97 Å². The van der Waals surface area contributed by atoms with Gasteiger partial charge in [-0.1, -0.05) is 0 Å². The molecule has 18 heavy (non-hydrogen) atoms. The molecule has 2 aromatic heterocycles. The van der Waals surface area contributed by atoms with Crippen LogP contribution in [-0.2, 0) is 9.05 Å². The second-order valence-electron chi connectivity index (χ2n) is 3.48. The van der Waals surface area contributed by atoms with Crippen molar-refractivity contribution in [3.8, 4) is 11.6 Å². The zero-order chi connectivity index (χ0) is 13.2. The zero-order valence-electron chi connectivity index (χ0n) is 9.37. The lowest BCUT2D eigenvalue weighted by atomic mass is 10.4. The van der Waals surface area contributed by atoms with Crippen molar-refractivity contribution in [1.29, 1.82) is 0 Å². The van der Waals surface area contributed by atoms with Gasteiger partial charge in [-0.05, 0) is 31.2 Å². The second kappa shape index (κ2) is 4.91. The molecule has 0 bridgehead atoms. The van der Waals surface area contributed by atoms with Crippen molar-refractivity contribution in [1.82, 2.24) is 9.97 Å². The number of aryl methyl sites for hydroxylation is 1. The van der Waals surface area contributed by atoms with Crippen LogP contribution in [0.4, 0.5) is 0 Å². The minimum Gasteiger partial charge on any atom is -0.436 e. The largest absolute Gasteiger partial charge is 0.436 e. The van der Waals surface area contributed by atoms with Crippen molar-refractivity contribution < 1.29 is 13.2 Å². The molecule has 2 rings (SSSR count). The third-order valence-corrected chi connectivity index (χ3v) is 3.43. The van der Waals surface area contributed by atoms with E-state index in [0.29, 0.717) is 5.75 Å². The van der Waals surface area contributed by atoms with Gasteiger partial charge in [0.1, 0.15) is 10.6 Å². The van der Waals surface area contributed by atoms with Crippen LogP contribution in [0.5, 0.6) is 11.6 Å². The van der Waals surface area contributed by atoms with E-state index >= 15 is 0 Å². The van der Waals surface area contributed by atoms with Crippen LogP contribution in [0.15, 0.2) is 41.6 Å². The predicted molar refractivity (Wildman–Crippen MR) is 66.3 cm³/mol. The van der Waals surface area contributed by atoms with Gasteiger partial charge in [-0.2, -0.15) is 0 Å². The van der Waals surface area contributed by atoms with Gasteiger partial charge in [0, 0.05) is 22.6 Å². The van der Waals surface area contributed by atoms with Gasteiger partial charge >= 0.3 is 0 Å². The van der Waals surface area contributed by atoms with E-state index in [1.165, 1.54) is 24.5 Å². The van der Waals surface area contributed by atoms with Gasteiger partial charge in [-0.3, -0.25) is 4.98 Å². The molecule has 0 saturated carbocycles. The Morgan fingerprint density at radius 1 is 1.22 bits per heavy atom. The van der Waals surface area contributed by atoms with Crippen LogP contribution in [0.25, 0.3) is 0 Å². The number of hydrogen-bond donors (Lipinski definition) is 0. The van der Waals surface area contributed by atoms with Gasteiger partial charge < -0.3 is 4.74 Å². The lowest BCUT2D eigenvalue weighted by Gasteiger charge is -2.07. The van der Waals surface area contributed by atoms with E-state index in [1.807, 2.05) is 6.92 Å². The topological polar surface area (TPSA) is 69.2 Å². The van der Waals surface area contributed by atoms with Crippen molar-refractivity contribution in [3.05, 3.63) is 42.4 Å². The Balaban J connectivity index is 2.38. The molecule has 94 valence electrons. The summed E-state index contributed by atoms with van der Waals surface area (Å²) < 4.78 is 28.0. The van der Waals surface area contributed by atoms with E-state index < -0.39 is 9.05 Å². The minimum absolute atomic E-state index is 0.0712. The highest BCUT2D eigenvalue weighted by atomic mass is 35.7. The molecule has 0 aliphatic rings. The predicted octanol–water partition coefficient (Wildman–Crippen LogP) is 2.50. The molecule has 0 spiro atoms. The van der Waals surface area contributed by atoms with Crippen LogP contribution in [0.3, 0.4) is 0 Å². The lowest BCUT2D eigenvalue weighted by Crippen LogP contribution is -1.98. The highest BCUT2D eigenvalue weighted by Gasteiger charge is 2.18. The molecular formula is C11H9ClN2O3S. The monoisotopic (exact) mass is 284 g/mol. The average Bonchev–Trinajstić information content (AvgIpc) is 2.31. The van der Waals surface area contributed by atoms with Crippen LogP contribution in [0.1, 0.15) is 5.69 Å². The minimum atomic E-state index is -3.90. The Morgan fingerprint density at radius 2 is 2.00 bits per heavy atom. The summed E-state index contributed by atoms with van der Waals surface area (Å²) in [5.41, 5.74) is 0.827. The van der Waals surface area contributed by atoms with Crippen LogP contribution < -0.4 is 4.74 Å². The molecule has 5 nitrogen and oxygen atoms in total. The van der Waals surface area contributed by atoms with Gasteiger partial charge in [-0.15, -0.1) is 0 Å². The van der Waals surface area contributed by atoms with Crippen LogP contribution in [0, 0.1) is 6.92 Å². The Hall–Kier alpha value is -1.66. The molecule has 0 fully saturated rings. The quantitative estimate of drug-likeness (QED) is 0.810. The summed E-state index contributed by atoms with van der Waals surface area (Å²) >= 11 is 0. The summed E-state index contributed by atoms with van der Waals surface area (Å²) in [5.74, 6) is 0.319. The Morgan fingerprint density at radius 3 is 2.61 bits per heavy atom. The maximum atomic E-state index is 11.3. The van der Waals surface area contributed by atoms with Crippen LogP contribution in [-0.4, -0.2) is 18.4 Å². The smallest absolute Gasteiger partial charge is 0.266 e. The first-order valence-corrected chi connectivity index (χ1v) is 7.28. The number of ether oxygens (including phenoxy) is 1. The molecule has 2 aromatic rings. The molecule has 0 N–H and O–H groups in total. The maximum Gasteiger partial charge on any atom is 0.266 e. The number of halogens is 1. The third-order valence-electron chi connectivity index (χ3n) is 2.10. The summed E-state index contributed by atoms with van der Waals surface area (Å²) in [6, 6.07) is 6.20. The Kier molecular flexibility index (Phi) is 3.49. The fraction of sp³-hybridized carbons (Fsp3) is 0.0909. The molecule has 0 aliphatic carbocycles. The van der Waals surface area contributed by atoms with Gasteiger partial charge in [0.25, 0.3) is 9.05 Å². The van der Waals surface area contributed by atoms with Crippen LogP contribution in [0.2, 0.25) is 0 Å². The zero-order valence-corrected chi connectivity index (χ0v) is 10.9. The first kappa shape index (κ1) is 12.8. The first-order chi connectivity index (χ1) is 8.47. The van der Waals surface area contributed by atoms with Crippen molar-refractivity contribution in [2.24, 2.45) is 0 Å². The molecule has 7 heteroatoms. The van der Waals surface area contributed by atoms with E-state index in [0.717, 1.165) is 5.69 Å². The number of pyridine rings is 2. The number of nitrogens with zero attached hydrogens (tertiary/aromatic N) is 2. The van der Waals surface area contributed by atoms with Crippen molar-refractivity contribution >= 4 is 19.7 Å². The summed E-state index contributed by atoms with van der Waals surface area (Å²) in [6.45, 7) is 1.83. The number of hydrogen-bond acceptors (Lipinski definition) is 5. The summed E-state index contributed by atoms with van der Waals surface area (Å²) in [6.07, 6.45) is 2.90. The van der Waals surface area contributed by atoms with Crippen molar-refractivity contribution in [2.45, 2.75) is 11.8 Å². The molecule has 0 saturated heterocycles. The van der Waals surface area contributed by atoms with Crippen molar-refractivity contribution in [2.75, 3.05) is 0 Å². The summed E-state index contributed by atoms with van der Waals surface area (Å²) in [4.78, 5) is 7.71. The standard InChI is InChI=1S/C11H9ClN2O3S/c1-8-4-5-9(7-14-8)17-11-10(18(12,15)16)3-2-6-13-11/h2-7H,1H3. The molecule has 0 atom stereocenters. The summed E-state index contributed by atoms with van der Waals surface area (Å²) in [7, 11) is 1.39. The summed E-state index contributed by atoms with van der Waals surface area (Å²) in [5, 5.41) is 0. The maximum absolute atomic E-state index is 11.3. The fourth-order valence-electron chi connectivity index (χ4n) is 1.26. The molecule has 0 unspecified atom stereocenters. The highest BCUT2D eigenvalue weighted by molar-refractivity contribution is 8.13.